The maximum absolute atomic E-state index is 5.62. The lowest BCUT2D eigenvalue weighted by Gasteiger charge is -2.13. The van der Waals surface area contributed by atoms with E-state index in [0.717, 1.165) is 5.69 Å². The Labute approximate surface area is 60.5 Å². The van der Waals surface area contributed by atoms with E-state index in [9.17, 15) is 0 Å². The van der Waals surface area contributed by atoms with E-state index in [-0.39, 0.29) is 0 Å². The molecule has 0 fully saturated rings. The summed E-state index contributed by atoms with van der Waals surface area (Å²) in [7, 11) is 3.90. The minimum Gasteiger partial charge on any atom is -0.396 e. The van der Waals surface area contributed by atoms with Crippen LogP contribution in [0.4, 0.5) is 11.4 Å². The number of hydrogen-bond acceptors (Lipinski definition) is 3. The molecule has 10 heavy (non-hydrogen) atoms. The van der Waals surface area contributed by atoms with Gasteiger partial charge in [0, 0.05) is 20.3 Å². The van der Waals surface area contributed by atoms with Gasteiger partial charge in [-0.3, -0.25) is 4.98 Å². The molecular formula is C7H11N3. The van der Waals surface area contributed by atoms with E-state index in [1.807, 2.05) is 25.1 Å². The largest absolute Gasteiger partial charge is 0.396 e. The van der Waals surface area contributed by atoms with Crippen molar-refractivity contribution >= 4 is 11.4 Å². The highest BCUT2D eigenvalue weighted by Crippen LogP contribution is 2.17. The van der Waals surface area contributed by atoms with Gasteiger partial charge in [-0.25, -0.2) is 0 Å². The van der Waals surface area contributed by atoms with Crippen molar-refractivity contribution in [3.63, 3.8) is 0 Å². The van der Waals surface area contributed by atoms with Crippen LogP contribution < -0.4 is 10.6 Å². The summed E-state index contributed by atoms with van der Waals surface area (Å²) in [5, 5.41) is 0. The summed E-state index contributed by atoms with van der Waals surface area (Å²) in [6.45, 7) is 0. The first-order valence-electron chi connectivity index (χ1n) is 3.08. The summed E-state index contributed by atoms with van der Waals surface area (Å²) in [6, 6.07) is 1.88. The van der Waals surface area contributed by atoms with Gasteiger partial charge in [-0.1, -0.05) is 0 Å². The topological polar surface area (TPSA) is 42.2 Å². The molecule has 1 aromatic heterocycles. The summed E-state index contributed by atoms with van der Waals surface area (Å²) < 4.78 is 0. The molecule has 0 amide bonds. The van der Waals surface area contributed by atoms with Crippen LogP contribution in [0.25, 0.3) is 0 Å². The van der Waals surface area contributed by atoms with Gasteiger partial charge >= 0.3 is 0 Å². The third-order valence-electron chi connectivity index (χ3n) is 1.31. The minimum atomic E-state index is 0.715. The number of nitrogens with two attached hydrogens (primary N) is 1. The Morgan fingerprint density at radius 3 is 2.60 bits per heavy atom. The molecule has 0 aromatic carbocycles. The van der Waals surface area contributed by atoms with Crippen LogP contribution in [0, 0.1) is 0 Å². The van der Waals surface area contributed by atoms with Gasteiger partial charge in [0.15, 0.2) is 0 Å². The second kappa shape index (κ2) is 2.56. The quantitative estimate of drug-likeness (QED) is 0.620. The Morgan fingerprint density at radius 2 is 2.20 bits per heavy atom. The van der Waals surface area contributed by atoms with Crippen LogP contribution in [0.5, 0.6) is 0 Å². The molecular weight excluding hydrogens is 126 g/mol. The van der Waals surface area contributed by atoms with Gasteiger partial charge in [-0.2, -0.15) is 0 Å². The fourth-order valence-corrected chi connectivity index (χ4v) is 0.807. The SMILES string of the molecule is CN(C)c1ccncc1N. The van der Waals surface area contributed by atoms with Crippen LogP contribution >= 0.6 is 0 Å². The second-order valence-electron chi connectivity index (χ2n) is 2.33. The van der Waals surface area contributed by atoms with E-state index >= 15 is 0 Å². The maximum atomic E-state index is 5.62. The molecule has 0 radical (unpaired) electrons. The lowest BCUT2D eigenvalue weighted by Crippen LogP contribution is -2.10. The van der Waals surface area contributed by atoms with E-state index in [2.05, 4.69) is 4.98 Å². The highest BCUT2D eigenvalue weighted by Gasteiger charge is 1.97. The van der Waals surface area contributed by atoms with E-state index in [0.29, 0.717) is 5.69 Å². The van der Waals surface area contributed by atoms with Crippen molar-refractivity contribution in [2.45, 2.75) is 0 Å². The summed E-state index contributed by atoms with van der Waals surface area (Å²) in [5.74, 6) is 0. The van der Waals surface area contributed by atoms with Gasteiger partial charge in [0.05, 0.1) is 17.6 Å². The molecule has 2 N–H and O–H groups in total. The molecule has 3 nitrogen and oxygen atoms in total. The van der Waals surface area contributed by atoms with E-state index in [1.165, 1.54) is 0 Å². The van der Waals surface area contributed by atoms with Gasteiger partial charge in [-0.05, 0) is 6.07 Å². The molecule has 1 heterocycles. The predicted molar refractivity (Wildman–Crippen MR) is 43.0 cm³/mol. The van der Waals surface area contributed by atoms with Gasteiger partial charge in [0.2, 0.25) is 0 Å². The number of rotatable bonds is 1. The fourth-order valence-electron chi connectivity index (χ4n) is 0.807. The van der Waals surface area contributed by atoms with E-state index < -0.39 is 0 Å². The van der Waals surface area contributed by atoms with Crippen molar-refractivity contribution in [2.24, 2.45) is 0 Å². The summed E-state index contributed by atoms with van der Waals surface area (Å²) >= 11 is 0. The maximum Gasteiger partial charge on any atom is 0.0738 e. The first-order chi connectivity index (χ1) is 4.72. The number of hydrogen-bond donors (Lipinski definition) is 1. The van der Waals surface area contributed by atoms with Crippen molar-refractivity contribution in [2.75, 3.05) is 24.7 Å². The van der Waals surface area contributed by atoms with Crippen molar-refractivity contribution < 1.29 is 0 Å². The van der Waals surface area contributed by atoms with Crippen molar-refractivity contribution in [1.82, 2.24) is 4.98 Å². The molecule has 1 rings (SSSR count). The van der Waals surface area contributed by atoms with Crippen LogP contribution in [-0.4, -0.2) is 19.1 Å². The summed E-state index contributed by atoms with van der Waals surface area (Å²) in [4.78, 5) is 5.83. The van der Waals surface area contributed by atoms with Crippen LogP contribution in [0.3, 0.4) is 0 Å². The molecule has 0 aliphatic heterocycles. The number of pyridine rings is 1. The summed E-state index contributed by atoms with van der Waals surface area (Å²) in [5.41, 5.74) is 7.34. The zero-order valence-corrected chi connectivity index (χ0v) is 6.20. The number of anilines is 2. The van der Waals surface area contributed by atoms with Gasteiger partial charge < -0.3 is 10.6 Å². The Bertz CT molecular complexity index is 220. The number of nitrogen functional groups attached to an aromatic ring is 1. The molecule has 54 valence electrons. The average Bonchev–Trinajstić information content (AvgIpc) is 1.88. The van der Waals surface area contributed by atoms with E-state index in [1.54, 1.807) is 12.4 Å². The molecule has 0 saturated carbocycles. The minimum absolute atomic E-state index is 0.715. The molecule has 0 spiro atoms. The predicted octanol–water partition coefficient (Wildman–Crippen LogP) is 0.730. The first-order valence-corrected chi connectivity index (χ1v) is 3.08. The highest BCUT2D eigenvalue weighted by molar-refractivity contribution is 5.64. The molecule has 0 saturated heterocycles. The Hall–Kier alpha value is -1.25. The highest BCUT2D eigenvalue weighted by atomic mass is 15.1. The number of nitrogens with zero attached hydrogens (tertiary/aromatic N) is 2. The normalized spacial score (nSPS) is 9.40. The van der Waals surface area contributed by atoms with Gasteiger partial charge in [0.25, 0.3) is 0 Å². The van der Waals surface area contributed by atoms with Crippen molar-refractivity contribution in [1.29, 1.82) is 0 Å². The average molecular weight is 137 g/mol. The third-order valence-corrected chi connectivity index (χ3v) is 1.31. The van der Waals surface area contributed by atoms with Crippen molar-refractivity contribution in [3.05, 3.63) is 18.5 Å². The Balaban J connectivity index is 3.03. The zero-order valence-electron chi connectivity index (χ0n) is 6.20. The van der Waals surface area contributed by atoms with Gasteiger partial charge in [0.1, 0.15) is 0 Å². The zero-order chi connectivity index (χ0) is 7.56. The molecule has 1 aromatic rings. The monoisotopic (exact) mass is 137 g/mol. The summed E-state index contributed by atoms with van der Waals surface area (Å²) in [6.07, 6.45) is 3.38. The van der Waals surface area contributed by atoms with Crippen LogP contribution in [0.15, 0.2) is 18.5 Å². The molecule has 0 bridgehead atoms. The fraction of sp³-hybridized carbons (Fsp3) is 0.286. The molecule has 3 heteroatoms. The van der Waals surface area contributed by atoms with Crippen LogP contribution in [0.1, 0.15) is 0 Å². The molecule has 0 atom stereocenters. The third kappa shape index (κ3) is 1.18. The van der Waals surface area contributed by atoms with Crippen LogP contribution in [0.2, 0.25) is 0 Å². The molecule has 0 unspecified atom stereocenters. The Kier molecular flexibility index (Phi) is 1.76. The standard InChI is InChI=1S/C7H11N3/c1-10(2)7-3-4-9-5-6(7)8/h3-5H,8H2,1-2H3. The van der Waals surface area contributed by atoms with E-state index in [4.69, 9.17) is 5.73 Å². The van der Waals surface area contributed by atoms with Gasteiger partial charge in [-0.15, -0.1) is 0 Å². The molecule has 0 aliphatic rings. The number of aromatic nitrogens is 1. The smallest absolute Gasteiger partial charge is 0.0738 e. The first kappa shape index (κ1) is 6.86. The lowest BCUT2D eigenvalue weighted by molar-refractivity contribution is 1.12. The van der Waals surface area contributed by atoms with Crippen LogP contribution in [-0.2, 0) is 0 Å². The molecule has 0 aliphatic carbocycles. The van der Waals surface area contributed by atoms with Crippen molar-refractivity contribution in [3.8, 4) is 0 Å². The Morgan fingerprint density at radius 1 is 1.50 bits per heavy atom. The lowest BCUT2D eigenvalue weighted by atomic mass is 10.3. The second-order valence-corrected chi connectivity index (χ2v) is 2.33.